The largest absolute Gasteiger partial charge is 0.337 e. The maximum Gasteiger partial charge on any atom is 0.0563 e. The maximum atomic E-state index is 2.69. The fourth-order valence-electron chi connectivity index (χ4n) is 6.73. The summed E-state index contributed by atoms with van der Waals surface area (Å²) in [4.78, 5) is 0. The lowest BCUT2D eigenvalue weighted by atomic mass is 9.79. The molecule has 0 bridgehead atoms. The van der Waals surface area contributed by atoms with E-state index in [0.29, 0.717) is 6.04 Å². The van der Waals surface area contributed by atoms with Crippen molar-refractivity contribution < 1.29 is 0 Å². The van der Waals surface area contributed by atoms with Crippen molar-refractivity contribution in [1.82, 2.24) is 4.57 Å². The first-order valence-electron chi connectivity index (χ1n) is 13.0. The molecule has 0 saturated heterocycles. The summed E-state index contributed by atoms with van der Waals surface area (Å²) in [7, 11) is 0. The van der Waals surface area contributed by atoms with E-state index in [1.807, 2.05) is 0 Å². The van der Waals surface area contributed by atoms with Crippen LogP contribution in [-0.2, 0) is 12.8 Å². The number of rotatable bonds is 3. The predicted octanol–water partition coefficient (Wildman–Crippen LogP) is 8.65. The Morgan fingerprint density at radius 3 is 2.67 bits per heavy atom. The van der Waals surface area contributed by atoms with Crippen molar-refractivity contribution in [3.63, 3.8) is 0 Å². The summed E-state index contributed by atoms with van der Waals surface area (Å²) in [6.45, 7) is 4.67. The number of nitrogens with zero attached hydrogens (tertiary/aromatic N) is 1. The number of aryl methyl sites for hydroxylation is 1. The monoisotopic (exact) mass is 433 g/mol. The van der Waals surface area contributed by atoms with E-state index >= 15 is 0 Å². The zero-order valence-corrected chi connectivity index (χ0v) is 20.2. The summed E-state index contributed by atoms with van der Waals surface area (Å²) in [6.07, 6.45) is 25.3. The highest BCUT2D eigenvalue weighted by Gasteiger charge is 2.27. The van der Waals surface area contributed by atoms with Gasteiger partial charge < -0.3 is 4.57 Å². The standard InChI is InChI=1S/C32H35N/c1-22-11-3-4-14-26(22)28-18-10-17-27(23(28)2)24-12-9-13-25(21-24)33-31-19-7-5-15-29(31)30-16-6-8-20-32(30)33/h3,5,7,9,11-13,15,17,19,25H,4,6,8,10,14,16,18,20-21H2,1-2H3. The third-order valence-electron chi connectivity index (χ3n) is 8.32. The van der Waals surface area contributed by atoms with Crippen molar-refractivity contribution in [3.8, 4) is 0 Å². The first-order chi connectivity index (χ1) is 16.2. The van der Waals surface area contributed by atoms with Crippen LogP contribution in [0.5, 0.6) is 0 Å². The number of aromatic nitrogens is 1. The van der Waals surface area contributed by atoms with E-state index in [2.05, 4.69) is 79.1 Å². The minimum Gasteiger partial charge on any atom is -0.337 e. The Balaban J connectivity index is 1.37. The van der Waals surface area contributed by atoms with Gasteiger partial charge in [0.05, 0.1) is 6.04 Å². The highest BCUT2D eigenvalue weighted by atomic mass is 15.0. The van der Waals surface area contributed by atoms with Gasteiger partial charge in [-0.2, -0.15) is 0 Å². The summed E-state index contributed by atoms with van der Waals surface area (Å²) in [5.74, 6) is 0. The highest BCUT2D eigenvalue weighted by Crippen LogP contribution is 2.42. The smallest absolute Gasteiger partial charge is 0.0563 e. The number of allylic oxidation sites excluding steroid dienone is 12. The molecule has 0 spiro atoms. The van der Waals surface area contributed by atoms with Gasteiger partial charge in [0, 0.05) is 16.6 Å². The molecule has 1 aromatic heterocycles. The van der Waals surface area contributed by atoms with Gasteiger partial charge in [-0.1, -0.05) is 54.7 Å². The molecule has 1 atom stereocenters. The fraction of sp³-hybridized carbons (Fsp3) is 0.375. The van der Waals surface area contributed by atoms with E-state index in [1.165, 1.54) is 78.1 Å². The Kier molecular flexibility index (Phi) is 5.37. The number of fused-ring (bicyclic) bond motifs is 3. The van der Waals surface area contributed by atoms with E-state index < -0.39 is 0 Å². The molecule has 0 N–H and O–H groups in total. The Hall–Kier alpha value is -2.80. The average molecular weight is 434 g/mol. The molecule has 4 aliphatic rings. The first-order valence-corrected chi connectivity index (χ1v) is 13.0. The molecule has 1 heteroatoms. The second-order valence-corrected chi connectivity index (χ2v) is 10.2. The molecule has 1 unspecified atom stereocenters. The van der Waals surface area contributed by atoms with Crippen LogP contribution < -0.4 is 0 Å². The van der Waals surface area contributed by atoms with Crippen molar-refractivity contribution in [2.45, 2.75) is 77.7 Å². The molecule has 6 rings (SSSR count). The predicted molar refractivity (Wildman–Crippen MR) is 141 cm³/mol. The molecule has 0 aliphatic heterocycles. The number of para-hydroxylation sites is 1. The summed E-state index contributed by atoms with van der Waals surface area (Å²) in [6, 6.07) is 9.52. The number of hydrogen-bond acceptors (Lipinski definition) is 0. The van der Waals surface area contributed by atoms with Gasteiger partial charge in [-0.15, -0.1) is 0 Å². The van der Waals surface area contributed by atoms with Crippen LogP contribution in [-0.4, -0.2) is 4.57 Å². The molecule has 2 aromatic rings. The van der Waals surface area contributed by atoms with Crippen LogP contribution in [0.1, 0.15) is 76.1 Å². The Bertz CT molecular complexity index is 1300. The minimum atomic E-state index is 0.411. The fourth-order valence-corrected chi connectivity index (χ4v) is 6.73. The summed E-state index contributed by atoms with van der Waals surface area (Å²) in [5.41, 5.74) is 13.9. The van der Waals surface area contributed by atoms with Crippen molar-refractivity contribution in [2.24, 2.45) is 0 Å². The molecular formula is C32H35N. The molecule has 168 valence electrons. The SMILES string of the molecule is CC1=C(C2=C(C)C(C3=CC=CC(n4c5c(c6ccccc64)CCCC5)C3)=CCC2)CCC=C1. The van der Waals surface area contributed by atoms with Crippen LogP contribution in [0.25, 0.3) is 10.9 Å². The molecule has 33 heavy (non-hydrogen) atoms. The van der Waals surface area contributed by atoms with E-state index in [9.17, 15) is 0 Å². The second kappa shape index (κ2) is 8.52. The van der Waals surface area contributed by atoms with Crippen molar-refractivity contribution in [1.29, 1.82) is 0 Å². The van der Waals surface area contributed by atoms with Crippen molar-refractivity contribution in [2.75, 3.05) is 0 Å². The number of hydrogen-bond donors (Lipinski definition) is 0. The Labute approximate surface area is 198 Å². The van der Waals surface area contributed by atoms with Gasteiger partial charge in [0.25, 0.3) is 0 Å². The molecule has 1 aromatic carbocycles. The third-order valence-corrected chi connectivity index (χ3v) is 8.32. The molecular weight excluding hydrogens is 398 g/mol. The summed E-state index contributed by atoms with van der Waals surface area (Å²) in [5, 5.41) is 1.49. The maximum absolute atomic E-state index is 2.69. The Morgan fingerprint density at radius 2 is 1.76 bits per heavy atom. The van der Waals surface area contributed by atoms with E-state index in [1.54, 1.807) is 22.4 Å². The molecule has 0 saturated carbocycles. The lowest BCUT2D eigenvalue weighted by molar-refractivity contribution is 0.559. The minimum absolute atomic E-state index is 0.411. The van der Waals surface area contributed by atoms with Gasteiger partial charge in [0.2, 0.25) is 0 Å². The van der Waals surface area contributed by atoms with Crippen LogP contribution in [0, 0.1) is 0 Å². The van der Waals surface area contributed by atoms with Crippen LogP contribution in [0.2, 0.25) is 0 Å². The third kappa shape index (κ3) is 3.53. The van der Waals surface area contributed by atoms with Crippen LogP contribution in [0.4, 0.5) is 0 Å². The summed E-state index contributed by atoms with van der Waals surface area (Å²) < 4.78 is 2.69. The van der Waals surface area contributed by atoms with Gasteiger partial charge in [0.1, 0.15) is 0 Å². The topological polar surface area (TPSA) is 4.93 Å². The van der Waals surface area contributed by atoms with Gasteiger partial charge in [-0.05, 0) is 117 Å². The van der Waals surface area contributed by atoms with Crippen molar-refractivity contribution >= 4 is 10.9 Å². The van der Waals surface area contributed by atoms with Crippen LogP contribution in [0.15, 0.2) is 94.2 Å². The first kappa shape index (κ1) is 20.8. The van der Waals surface area contributed by atoms with E-state index in [-0.39, 0.29) is 0 Å². The zero-order chi connectivity index (χ0) is 22.4. The molecule has 0 fully saturated rings. The van der Waals surface area contributed by atoms with Crippen LogP contribution in [0.3, 0.4) is 0 Å². The highest BCUT2D eigenvalue weighted by molar-refractivity contribution is 5.86. The van der Waals surface area contributed by atoms with Gasteiger partial charge >= 0.3 is 0 Å². The Morgan fingerprint density at radius 1 is 0.909 bits per heavy atom. The molecule has 1 heterocycles. The van der Waals surface area contributed by atoms with Gasteiger partial charge in [0.15, 0.2) is 0 Å². The van der Waals surface area contributed by atoms with Crippen LogP contribution >= 0.6 is 0 Å². The number of benzene rings is 1. The summed E-state index contributed by atoms with van der Waals surface area (Å²) >= 11 is 0. The second-order valence-electron chi connectivity index (χ2n) is 10.2. The van der Waals surface area contributed by atoms with Gasteiger partial charge in [-0.25, -0.2) is 0 Å². The van der Waals surface area contributed by atoms with Gasteiger partial charge in [-0.3, -0.25) is 0 Å². The van der Waals surface area contributed by atoms with E-state index in [0.717, 1.165) is 12.8 Å². The van der Waals surface area contributed by atoms with E-state index in [4.69, 9.17) is 0 Å². The normalized spacial score (nSPS) is 23.2. The lowest BCUT2D eigenvalue weighted by Crippen LogP contribution is -2.16. The molecule has 0 amide bonds. The molecule has 4 aliphatic carbocycles. The van der Waals surface area contributed by atoms with Crippen molar-refractivity contribution in [3.05, 3.63) is 105 Å². The lowest BCUT2D eigenvalue weighted by Gasteiger charge is -2.29. The average Bonchev–Trinajstić information content (AvgIpc) is 3.19. The molecule has 1 nitrogen and oxygen atoms in total. The zero-order valence-electron chi connectivity index (χ0n) is 20.2. The molecule has 0 radical (unpaired) electrons. The quantitative estimate of drug-likeness (QED) is 0.456.